The van der Waals surface area contributed by atoms with Crippen molar-refractivity contribution in [3.05, 3.63) is 179 Å². The third-order valence-corrected chi connectivity index (χ3v) is 13.4. The molecule has 0 bridgehead atoms. The summed E-state index contributed by atoms with van der Waals surface area (Å²) in [6.07, 6.45) is 2.02. The van der Waals surface area contributed by atoms with Crippen LogP contribution in [0.3, 0.4) is 0 Å². The van der Waals surface area contributed by atoms with Crippen molar-refractivity contribution in [3.8, 4) is 50.6 Å². The van der Waals surface area contributed by atoms with Crippen molar-refractivity contribution in [1.82, 2.24) is 14.5 Å². The standard InChI is InChI=1S/C37H29N2S.C14H16NSi.Ir/c1-23-11-10-12-24(2)35(23)28-17-18-34-30(21-28)31(22-40-34)37-38-32-15-8-9-16-33(32)39(37)29-19-25(3)36(26(4)20-29)27-13-6-5-7-14-27;1-16(2,3)13-9-10-14(15-11-13)12-7-5-4-6-8-12;/h5-21H,1-4H3;4-7,9-11H,1-3H3;/q2*-1;. The Hall–Kier alpha value is -5.23. The van der Waals surface area contributed by atoms with Crippen molar-refractivity contribution in [2.24, 2.45) is 0 Å². The summed E-state index contributed by atoms with van der Waals surface area (Å²) >= 11 is 1.66. The van der Waals surface area contributed by atoms with Gasteiger partial charge in [-0.05, 0) is 107 Å². The van der Waals surface area contributed by atoms with Gasteiger partial charge in [-0.2, -0.15) is 0 Å². The molecule has 57 heavy (non-hydrogen) atoms. The Balaban J connectivity index is 0.000000246. The zero-order valence-electron chi connectivity index (χ0n) is 33.4. The molecule has 3 aromatic heterocycles. The molecule has 0 fully saturated rings. The fraction of sp³-hybridized carbons (Fsp3) is 0.137. The van der Waals surface area contributed by atoms with Crippen molar-refractivity contribution < 1.29 is 20.1 Å². The Bertz CT molecular complexity index is 2770. The molecule has 0 aliphatic carbocycles. The molecule has 0 saturated carbocycles. The predicted molar refractivity (Wildman–Crippen MR) is 242 cm³/mol. The Labute approximate surface area is 355 Å². The van der Waals surface area contributed by atoms with Gasteiger partial charge < -0.3 is 9.55 Å². The molecule has 0 amide bonds. The van der Waals surface area contributed by atoms with E-state index < -0.39 is 8.07 Å². The van der Waals surface area contributed by atoms with Crippen LogP contribution in [0.1, 0.15) is 22.3 Å². The molecule has 6 aromatic carbocycles. The van der Waals surface area contributed by atoms with Gasteiger partial charge in [0.25, 0.3) is 0 Å². The second-order valence-corrected chi connectivity index (χ2v) is 21.5. The first-order valence-electron chi connectivity index (χ1n) is 19.2. The van der Waals surface area contributed by atoms with E-state index in [1.807, 2.05) is 30.5 Å². The summed E-state index contributed by atoms with van der Waals surface area (Å²) in [5, 5.41) is 6.22. The second kappa shape index (κ2) is 16.7. The Morgan fingerprint density at radius 1 is 0.632 bits per heavy atom. The second-order valence-electron chi connectivity index (χ2n) is 15.6. The average Bonchev–Trinajstić information content (AvgIpc) is 3.80. The first kappa shape index (κ1) is 40.0. The van der Waals surface area contributed by atoms with Gasteiger partial charge >= 0.3 is 0 Å². The Morgan fingerprint density at radius 3 is 1.98 bits per heavy atom. The largest absolute Gasteiger partial charge is 0.333 e. The molecule has 0 aliphatic heterocycles. The van der Waals surface area contributed by atoms with Gasteiger partial charge in [-0.15, -0.1) is 41.3 Å². The molecule has 0 unspecified atom stereocenters. The van der Waals surface area contributed by atoms with Gasteiger partial charge in [0.1, 0.15) is 0 Å². The minimum atomic E-state index is -1.23. The number of para-hydroxylation sites is 2. The number of aryl methyl sites for hydroxylation is 4. The van der Waals surface area contributed by atoms with Crippen LogP contribution in [0.25, 0.3) is 71.7 Å². The van der Waals surface area contributed by atoms with Gasteiger partial charge in [0, 0.05) is 32.0 Å². The molecule has 0 aliphatic rings. The molecular weight excluding hydrogens is 907 g/mol. The van der Waals surface area contributed by atoms with E-state index in [9.17, 15) is 0 Å². The molecule has 0 saturated heterocycles. The number of imidazole rings is 1. The minimum Gasteiger partial charge on any atom is -0.333 e. The summed E-state index contributed by atoms with van der Waals surface area (Å²) in [6, 6.07) is 52.4. The third kappa shape index (κ3) is 8.14. The van der Waals surface area contributed by atoms with Crippen LogP contribution in [0, 0.1) is 39.1 Å². The zero-order valence-corrected chi connectivity index (χ0v) is 37.7. The molecule has 0 N–H and O–H groups in total. The van der Waals surface area contributed by atoms with Crippen LogP contribution in [0.5, 0.6) is 0 Å². The molecule has 1 radical (unpaired) electrons. The first-order valence-corrected chi connectivity index (χ1v) is 23.5. The molecule has 9 aromatic rings. The van der Waals surface area contributed by atoms with Crippen LogP contribution in [-0.2, 0) is 20.1 Å². The number of thiophene rings is 1. The summed E-state index contributed by atoms with van der Waals surface area (Å²) in [7, 11) is -1.23. The summed E-state index contributed by atoms with van der Waals surface area (Å²) in [6.45, 7) is 15.8. The number of pyridine rings is 1. The molecule has 285 valence electrons. The maximum Gasteiger partial charge on any atom is 0.0795 e. The molecule has 3 heterocycles. The van der Waals surface area contributed by atoms with Gasteiger partial charge in [-0.1, -0.05) is 126 Å². The fourth-order valence-corrected chi connectivity index (χ4v) is 9.56. The first-order chi connectivity index (χ1) is 27.1. The smallest absolute Gasteiger partial charge is 0.0795 e. The number of nitrogens with zero attached hydrogens (tertiary/aromatic N) is 3. The van der Waals surface area contributed by atoms with Crippen molar-refractivity contribution in [3.63, 3.8) is 0 Å². The van der Waals surface area contributed by atoms with E-state index in [0.29, 0.717) is 0 Å². The fourth-order valence-electron chi connectivity index (χ4n) is 7.70. The monoisotopic (exact) mass is 952 g/mol. The summed E-state index contributed by atoms with van der Waals surface area (Å²) in [4.78, 5) is 9.72. The van der Waals surface area contributed by atoms with Crippen LogP contribution < -0.4 is 5.19 Å². The Morgan fingerprint density at radius 2 is 1.32 bits per heavy atom. The normalized spacial score (nSPS) is 11.3. The van der Waals surface area contributed by atoms with E-state index in [-0.39, 0.29) is 20.1 Å². The summed E-state index contributed by atoms with van der Waals surface area (Å²) in [5.74, 6) is 0.928. The number of benzene rings is 6. The van der Waals surface area contributed by atoms with Gasteiger partial charge in [0.15, 0.2) is 0 Å². The minimum absolute atomic E-state index is 0. The van der Waals surface area contributed by atoms with E-state index >= 15 is 0 Å². The van der Waals surface area contributed by atoms with Gasteiger partial charge in [-0.25, -0.2) is 0 Å². The quantitative estimate of drug-likeness (QED) is 0.123. The van der Waals surface area contributed by atoms with Gasteiger partial charge in [0.2, 0.25) is 0 Å². The van der Waals surface area contributed by atoms with Gasteiger partial charge in [-0.3, -0.25) is 16.3 Å². The van der Waals surface area contributed by atoms with Crippen LogP contribution in [0.2, 0.25) is 19.6 Å². The number of aromatic nitrogens is 3. The van der Waals surface area contributed by atoms with Crippen LogP contribution >= 0.6 is 11.3 Å². The third-order valence-electron chi connectivity index (χ3n) is 10.5. The Kier molecular flexibility index (Phi) is 11.7. The average molecular weight is 952 g/mol. The number of hydrogen-bond acceptors (Lipinski definition) is 3. The molecule has 6 heteroatoms. The van der Waals surface area contributed by atoms with Crippen LogP contribution in [-0.4, -0.2) is 22.6 Å². The van der Waals surface area contributed by atoms with E-state index in [0.717, 1.165) is 39.4 Å². The van der Waals surface area contributed by atoms with E-state index in [2.05, 4.69) is 184 Å². The van der Waals surface area contributed by atoms with E-state index in [4.69, 9.17) is 4.98 Å². The molecule has 9 rings (SSSR count). The zero-order chi connectivity index (χ0) is 39.0. The van der Waals surface area contributed by atoms with E-state index in [1.165, 1.54) is 59.8 Å². The predicted octanol–water partition coefficient (Wildman–Crippen LogP) is 13.4. The summed E-state index contributed by atoms with van der Waals surface area (Å²) in [5.41, 5.74) is 16.5. The molecule has 0 atom stereocenters. The van der Waals surface area contributed by atoms with Crippen LogP contribution in [0.4, 0.5) is 0 Å². The van der Waals surface area contributed by atoms with Crippen molar-refractivity contribution in [1.29, 1.82) is 0 Å². The van der Waals surface area contributed by atoms with Gasteiger partial charge in [0.05, 0.1) is 24.9 Å². The molecular formula is C51H45IrN3SSi-2. The number of rotatable bonds is 6. The van der Waals surface area contributed by atoms with E-state index in [1.54, 1.807) is 11.3 Å². The SMILES string of the molecule is C[Si](C)(C)c1ccc(-c2[c-]cccc2)nc1.Cc1cccc(C)c1-c1ccc2s[c-]c(-c3nc4ccccc4n3-c3cc(C)c(-c4ccccc4)c(C)c3)c2c1.[Ir]. The van der Waals surface area contributed by atoms with Crippen LogP contribution in [0.15, 0.2) is 146 Å². The van der Waals surface area contributed by atoms with Crippen molar-refractivity contribution >= 4 is 45.7 Å². The summed E-state index contributed by atoms with van der Waals surface area (Å²) < 4.78 is 3.53. The van der Waals surface area contributed by atoms with Crippen molar-refractivity contribution in [2.45, 2.75) is 47.3 Å². The maximum absolute atomic E-state index is 5.20. The number of hydrogen-bond donors (Lipinski definition) is 0. The molecule has 3 nitrogen and oxygen atoms in total. The van der Waals surface area contributed by atoms with Crippen molar-refractivity contribution in [2.75, 3.05) is 0 Å². The molecule has 0 spiro atoms. The number of fused-ring (bicyclic) bond motifs is 2. The maximum atomic E-state index is 5.20. The topological polar surface area (TPSA) is 30.7 Å².